The Morgan fingerprint density at radius 2 is 2.00 bits per heavy atom. The van der Waals surface area contributed by atoms with E-state index in [1.165, 1.54) is 59.8 Å². The number of benzene rings is 2. The number of nitrogens with one attached hydrogen (secondary N) is 1. The number of hydrogen-bond donors (Lipinski definition) is 1. The lowest BCUT2D eigenvalue weighted by Crippen LogP contribution is -2.14. The molecule has 2 heterocycles. The number of thioether (sulfide) groups is 1. The van der Waals surface area contributed by atoms with E-state index in [1.807, 2.05) is 5.38 Å². The van der Waals surface area contributed by atoms with Gasteiger partial charge in [0.05, 0.1) is 26.8 Å². The fourth-order valence-corrected chi connectivity index (χ4v) is 4.85. The number of nitro groups is 1. The van der Waals surface area contributed by atoms with E-state index in [4.69, 9.17) is 11.6 Å². The Hall–Kier alpha value is -3.08. The minimum atomic E-state index is -0.562. The number of amides is 1. The SMILES string of the molecule is O=C(CSc1ncnc2scc(-c3ccc(F)cc3)c12)Nc1ccc([N+](=O)[O-])cc1Cl. The van der Waals surface area contributed by atoms with Gasteiger partial charge in [0.1, 0.15) is 22.0 Å². The first kappa shape index (κ1) is 21.2. The number of anilines is 1. The van der Waals surface area contributed by atoms with E-state index >= 15 is 0 Å². The van der Waals surface area contributed by atoms with E-state index in [-0.39, 0.29) is 33.9 Å². The second-order valence-corrected chi connectivity index (χ2v) is 8.50. The van der Waals surface area contributed by atoms with Crippen molar-refractivity contribution in [2.75, 3.05) is 11.1 Å². The first-order valence-corrected chi connectivity index (χ1v) is 11.0. The zero-order valence-electron chi connectivity index (χ0n) is 15.5. The average Bonchev–Trinajstić information content (AvgIpc) is 3.19. The molecule has 0 atom stereocenters. The smallest absolute Gasteiger partial charge is 0.271 e. The molecule has 0 aliphatic rings. The van der Waals surface area contributed by atoms with Crippen LogP contribution in [0.25, 0.3) is 21.3 Å². The summed E-state index contributed by atoms with van der Waals surface area (Å²) in [6.07, 6.45) is 1.43. The molecule has 2 aromatic carbocycles. The number of thiophene rings is 1. The van der Waals surface area contributed by atoms with Gasteiger partial charge >= 0.3 is 0 Å². The van der Waals surface area contributed by atoms with Crippen molar-refractivity contribution in [3.05, 3.63) is 75.1 Å². The highest BCUT2D eigenvalue weighted by atomic mass is 35.5. The summed E-state index contributed by atoms with van der Waals surface area (Å²) in [5.41, 5.74) is 1.81. The van der Waals surface area contributed by atoms with Crippen LogP contribution in [0.2, 0.25) is 5.02 Å². The van der Waals surface area contributed by atoms with Crippen LogP contribution in [0.5, 0.6) is 0 Å². The number of aromatic nitrogens is 2. The van der Waals surface area contributed by atoms with Gasteiger partial charge in [0.25, 0.3) is 5.69 Å². The molecule has 156 valence electrons. The predicted octanol–water partition coefficient (Wildman–Crippen LogP) is 5.79. The van der Waals surface area contributed by atoms with E-state index in [0.717, 1.165) is 21.3 Å². The number of non-ortho nitro benzene ring substituents is 1. The van der Waals surface area contributed by atoms with Gasteiger partial charge in [0.2, 0.25) is 5.91 Å². The molecule has 11 heteroatoms. The summed E-state index contributed by atoms with van der Waals surface area (Å²) >= 11 is 8.69. The zero-order valence-corrected chi connectivity index (χ0v) is 17.9. The molecule has 2 aromatic heterocycles. The number of nitrogens with zero attached hydrogens (tertiary/aromatic N) is 3. The highest BCUT2D eigenvalue weighted by molar-refractivity contribution is 8.00. The topological polar surface area (TPSA) is 98.0 Å². The highest BCUT2D eigenvalue weighted by Crippen LogP contribution is 2.38. The van der Waals surface area contributed by atoms with Crippen LogP contribution in [-0.4, -0.2) is 26.6 Å². The summed E-state index contributed by atoms with van der Waals surface area (Å²) in [5.74, 6) is -0.625. The van der Waals surface area contributed by atoms with Crippen molar-refractivity contribution in [1.29, 1.82) is 0 Å². The summed E-state index contributed by atoms with van der Waals surface area (Å²) in [5, 5.41) is 16.9. The molecule has 0 spiro atoms. The van der Waals surface area contributed by atoms with Crippen molar-refractivity contribution in [3.8, 4) is 11.1 Å². The number of hydrogen-bond acceptors (Lipinski definition) is 7. The largest absolute Gasteiger partial charge is 0.324 e. The van der Waals surface area contributed by atoms with Crippen LogP contribution in [0.3, 0.4) is 0 Å². The maximum Gasteiger partial charge on any atom is 0.271 e. The molecule has 0 saturated carbocycles. The molecule has 0 bridgehead atoms. The van der Waals surface area contributed by atoms with Crippen LogP contribution in [0, 0.1) is 15.9 Å². The number of carbonyl (C=O) groups excluding carboxylic acids is 1. The first-order valence-electron chi connectivity index (χ1n) is 8.77. The molecule has 0 radical (unpaired) electrons. The van der Waals surface area contributed by atoms with Crippen LogP contribution in [0.4, 0.5) is 15.8 Å². The summed E-state index contributed by atoms with van der Waals surface area (Å²) in [6, 6.07) is 9.97. The van der Waals surface area contributed by atoms with Crippen LogP contribution >= 0.6 is 34.7 Å². The molecule has 0 saturated heterocycles. The van der Waals surface area contributed by atoms with Crippen LogP contribution in [-0.2, 0) is 4.79 Å². The third-order valence-corrected chi connectivity index (χ3v) is 6.46. The Labute approximate surface area is 188 Å². The third-order valence-electron chi connectivity index (χ3n) is 4.27. The molecular weight excluding hydrogens is 463 g/mol. The molecule has 7 nitrogen and oxygen atoms in total. The van der Waals surface area contributed by atoms with Crippen molar-refractivity contribution < 1.29 is 14.1 Å². The van der Waals surface area contributed by atoms with Crippen LogP contribution in [0.15, 0.2) is 59.2 Å². The minimum Gasteiger partial charge on any atom is -0.324 e. The lowest BCUT2D eigenvalue weighted by Gasteiger charge is -2.08. The molecule has 4 aromatic rings. The number of rotatable bonds is 6. The maximum absolute atomic E-state index is 13.3. The van der Waals surface area contributed by atoms with Crippen molar-refractivity contribution in [3.63, 3.8) is 0 Å². The number of carbonyl (C=O) groups is 1. The Balaban J connectivity index is 1.53. The lowest BCUT2D eigenvalue weighted by molar-refractivity contribution is -0.384. The van der Waals surface area contributed by atoms with Gasteiger partial charge in [0.15, 0.2) is 0 Å². The van der Waals surface area contributed by atoms with Gasteiger partial charge in [-0.05, 0) is 23.8 Å². The standard InChI is InChI=1S/C20H12ClFN4O3S2/c21-15-7-13(26(28)29)5-6-16(15)25-17(27)9-31-20-18-14(8-30-19(18)23-10-24-20)11-1-3-12(22)4-2-11/h1-8,10H,9H2,(H,25,27). The lowest BCUT2D eigenvalue weighted by atomic mass is 10.1. The Morgan fingerprint density at radius 3 is 2.71 bits per heavy atom. The monoisotopic (exact) mass is 474 g/mol. The Morgan fingerprint density at radius 1 is 1.23 bits per heavy atom. The van der Waals surface area contributed by atoms with E-state index in [9.17, 15) is 19.3 Å². The maximum atomic E-state index is 13.3. The molecule has 0 unspecified atom stereocenters. The van der Waals surface area contributed by atoms with Gasteiger partial charge < -0.3 is 5.32 Å². The summed E-state index contributed by atoms with van der Waals surface area (Å²) < 4.78 is 13.3. The van der Waals surface area contributed by atoms with Gasteiger partial charge in [-0.15, -0.1) is 11.3 Å². The van der Waals surface area contributed by atoms with Gasteiger partial charge in [0, 0.05) is 23.1 Å². The zero-order chi connectivity index (χ0) is 22.0. The molecule has 1 amide bonds. The van der Waals surface area contributed by atoms with Gasteiger partial charge in [-0.3, -0.25) is 14.9 Å². The number of fused-ring (bicyclic) bond motifs is 1. The summed E-state index contributed by atoms with van der Waals surface area (Å²) in [7, 11) is 0. The second-order valence-electron chi connectivity index (χ2n) is 6.27. The Bertz CT molecular complexity index is 1300. The molecule has 0 aliphatic heterocycles. The van der Waals surface area contributed by atoms with Crippen molar-refractivity contribution in [2.45, 2.75) is 5.03 Å². The fourth-order valence-electron chi connectivity index (χ4n) is 2.84. The fraction of sp³-hybridized carbons (Fsp3) is 0.0500. The quantitative estimate of drug-likeness (QED) is 0.164. The van der Waals surface area contributed by atoms with Gasteiger partial charge in [-0.1, -0.05) is 35.5 Å². The molecule has 0 fully saturated rings. The van der Waals surface area contributed by atoms with Gasteiger partial charge in [-0.2, -0.15) is 0 Å². The van der Waals surface area contributed by atoms with E-state index in [0.29, 0.717) is 5.03 Å². The molecular formula is C20H12ClFN4O3S2. The molecule has 31 heavy (non-hydrogen) atoms. The van der Waals surface area contributed by atoms with E-state index < -0.39 is 4.92 Å². The molecule has 4 rings (SSSR count). The second kappa shape index (κ2) is 8.96. The minimum absolute atomic E-state index is 0.0398. The third kappa shape index (κ3) is 4.66. The average molecular weight is 475 g/mol. The van der Waals surface area contributed by atoms with Crippen molar-refractivity contribution in [2.24, 2.45) is 0 Å². The number of halogens is 2. The van der Waals surface area contributed by atoms with E-state index in [1.54, 1.807) is 12.1 Å². The number of nitro benzene ring substituents is 1. The van der Waals surface area contributed by atoms with Crippen molar-refractivity contribution in [1.82, 2.24) is 9.97 Å². The Kier molecular flexibility index (Phi) is 6.12. The summed E-state index contributed by atoms with van der Waals surface area (Å²) in [4.78, 5) is 32.0. The first-order chi connectivity index (χ1) is 14.9. The van der Waals surface area contributed by atoms with Crippen LogP contribution in [0.1, 0.15) is 0 Å². The molecule has 1 N–H and O–H groups in total. The molecule has 0 aliphatic carbocycles. The van der Waals surface area contributed by atoms with Gasteiger partial charge in [-0.25, -0.2) is 14.4 Å². The predicted molar refractivity (Wildman–Crippen MR) is 120 cm³/mol. The van der Waals surface area contributed by atoms with Crippen LogP contribution < -0.4 is 5.32 Å². The highest BCUT2D eigenvalue weighted by Gasteiger charge is 2.16. The van der Waals surface area contributed by atoms with E-state index in [2.05, 4.69) is 15.3 Å². The van der Waals surface area contributed by atoms with Crippen molar-refractivity contribution >= 4 is 62.2 Å². The summed E-state index contributed by atoms with van der Waals surface area (Å²) in [6.45, 7) is 0. The normalized spacial score (nSPS) is 10.9.